The molecule has 1 heterocycles. The Kier molecular flexibility index (Phi) is 6.24. The van der Waals surface area contributed by atoms with Crippen molar-refractivity contribution in [3.8, 4) is 0 Å². The maximum Gasteiger partial charge on any atom is 0.0816 e. The average molecular weight is 324 g/mol. The lowest BCUT2D eigenvalue weighted by molar-refractivity contribution is 0.127. The third-order valence-corrected chi connectivity index (χ3v) is 4.83. The van der Waals surface area contributed by atoms with Crippen LogP contribution >= 0.6 is 22.9 Å². The number of thiophene rings is 1. The van der Waals surface area contributed by atoms with E-state index in [9.17, 15) is 5.11 Å². The predicted octanol–water partition coefficient (Wildman–Crippen LogP) is 4.74. The number of rotatable bonds is 7. The van der Waals surface area contributed by atoms with E-state index in [0.717, 1.165) is 18.7 Å². The standard InChI is InChI=1S/C17H22ClNOS/c1-13(2)19(12-14-6-5-11-21-14)10-9-17(20)15-7-3-4-8-16(15)18/h3-8,11,13,17,20H,9-10,12H2,1-2H3. The quantitative estimate of drug-likeness (QED) is 0.795. The zero-order valence-electron chi connectivity index (χ0n) is 12.5. The largest absolute Gasteiger partial charge is 0.388 e. The first kappa shape index (κ1) is 16.5. The highest BCUT2D eigenvalue weighted by Gasteiger charge is 2.15. The number of hydrogen-bond acceptors (Lipinski definition) is 3. The molecule has 2 rings (SSSR count). The molecule has 1 aromatic carbocycles. The first-order chi connectivity index (χ1) is 10.1. The minimum atomic E-state index is -0.511. The van der Waals surface area contributed by atoms with Gasteiger partial charge in [0.05, 0.1) is 6.10 Å². The second kappa shape index (κ2) is 7.95. The van der Waals surface area contributed by atoms with Gasteiger partial charge in [-0.25, -0.2) is 0 Å². The van der Waals surface area contributed by atoms with Crippen molar-refractivity contribution in [2.24, 2.45) is 0 Å². The van der Waals surface area contributed by atoms with Gasteiger partial charge in [0.2, 0.25) is 0 Å². The summed E-state index contributed by atoms with van der Waals surface area (Å²) in [4.78, 5) is 3.74. The molecule has 1 unspecified atom stereocenters. The smallest absolute Gasteiger partial charge is 0.0816 e. The molecule has 0 aliphatic heterocycles. The van der Waals surface area contributed by atoms with Gasteiger partial charge in [-0.1, -0.05) is 35.9 Å². The Bertz CT molecular complexity index is 541. The number of aliphatic hydroxyl groups is 1. The normalized spacial score (nSPS) is 13.0. The second-order valence-electron chi connectivity index (χ2n) is 5.47. The van der Waals surface area contributed by atoms with Crippen LogP contribution in [0.4, 0.5) is 0 Å². The summed E-state index contributed by atoms with van der Waals surface area (Å²) in [5.74, 6) is 0. The number of benzene rings is 1. The van der Waals surface area contributed by atoms with Crippen LogP contribution in [0.3, 0.4) is 0 Å². The molecule has 0 saturated heterocycles. The first-order valence-corrected chi connectivity index (χ1v) is 8.52. The van der Waals surface area contributed by atoms with E-state index >= 15 is 0 Å². The number of halogens is 1. The molecule has 0 aliphatic carbocycles. The van der Waals surface area contributed by atoms with Crippen molar-refractivity contribution in [2.45, 2.75) is 39.0 Å². The highest BCUT2D eigenvalue weighted by Crippen LogP contribution is 2.25. The van der Waals surface area contributed by atoms with Crippen molar-refractivity contribution in [1.29, 1.82) is 0 Å². The molecule has 0 saturated carbocycles. The number of hydrogen-bond donors (Lipinski definition) is 1. The molecule has 1 N–H and O–H groups in total. The van der Waals surface area contributed by atoms with Crippen LogP contribution in [0.25, 0.3) is 0 Å². The summed E-state index contributed by atoms with van der Waals surface area (Å²) in [7, 11) is 0. The molecule has 0 bridgehead atoms. The van der Waals surface area contributed by atoms with Gasteiger partial charge in [0.15, 0.2) is 0 Å². The third-order valence-electron chi connectivity index (χ3n) is 3.62. The SMILES string of the molecule is CC(C)N(CCC(O)c1ccccc1Cl)Cc1cccs1. The summed E-state index contributed by atoms with van der Waals surface area (Å²) in [6, 6.07) is 12.2. The molecule has 1 atom stereocenters. The van der Waals surface area contributed by atoms with Gasteiger partial charge < -0.3 is 5.11 Å². The molecule has 0 radical (unpaired) electrons. The van der Waals surface area contributed by atoms with Gasteiger partial charge >= 0.3 is 0 Å². The Balaban J connectivity index is 1.94. The Morgan fingerprint density at radius 1 is 1.19 bits per heavy atom. The Morgan fingerprint density at radius 2 is 1.95 bits per heavy atom. The van der Waals surface area contributed by atoms with E-state index in [1.165, 1.54) is 4.88 Å². The van der Waals surface area contributed by atoms with Gasteiger partial charge in [-0.15, -0.1) is 11.3 Å². The molecule has 0 fully saturated rings. The molecule has 0 aliphatic rings. The van der Waals surface area contributed by atoms with Gasteiger partial charge in [0, 0.05) is 29.0 Å². The van der Waals surface area contributed by atoms with Crippen molar-refractivity contribution in [1.82, 2.24) is 4.90 Å². The Morgan fingerprint density at radius 3 is 2.57 bits per heavy atom. The molecule has 4 heteroatoms. The highest BCUT2D eigenvalue weighted by molar-refractivity contribution is 7.09. The zero-order chi connectivity index (χ0) is 15.2. The van der Waals surface area contributed by atoms with E-state index in [1.807, 2.05) is 24.3 Å². The van der Waals surface area contributed by atoms with E-state index in [2.05, 4.69) is 36.3 Å². The summed E-state index contributed by atoms with van der Waals surface area (Å²) >= 11 is 7.92. The maximum absolute atomic E-state index is 10.3. The summed E-state index contributed by atoms with van der Waals surface area (Å²) in [6.07, 6.45) is 0.177. The van der Waals surface area contributed by atoms with Gasteiger partial charge in [-0.05, 0) is 43.3 Å². The molecule has 21 heavy (non-hydrogen) atoms. The summed E-state index contributed by atoms with van der Waals surface area (Å²) in [6.45, 7) is 6.16. The fourth-order valence-electron chi connectivity index (χ4n) is 2.31. The van der Waals surface area contributed by atoms with Gasteiger partial charge in [0.1, 0.15) is 0 Å². The fraction of sp³-hybridized carbons (Fsp3) is 0.412. The Labute approximate surface area is 136 Å². The van der Waals surface area contributed by atoms with Crippen molar-refractivity contribution in [3.05, 3.63) is 57.2 Å². The van der Waals surface area contributed by atoms with Crippen molar-refractivity contribution < 1.29 is 5.11 Å². The van der Waals surface area contributed by atoms with Crippen molar-refractivity contribution in [2.75, 3.05) is 6.54 Å². The molecule has 1 aromatic heterocycles. The van der Waals surface area contributed by atoms with E-state index in [4.69, 9.17) is 11.6 Å². The number of aliphatic hydroxyl groups excluding tert-OH is 1. The van der Waals surface area contributed by atoms with E-state index in [-0.39, 0.29) is 0 Å². The molecule has 2 nitrogen and oxygen atoms in total. The van der Waals surface area contributed by atoms with Crippen LogP contribution in [0, 0.1) is 0 Å². The zero-order valence-corrected chi connectivity index (χ0v) is 14.1. The lowest BCUT2D eigenvalue weighted by atomic mass is 10.1. The minimum Gasteiger partial charge on any atom is -0.388 e. The topological polar surface area (TPSA) is 23.5 Å². The predicted molar refractivity (Wildman–Crippen MR) is 90.9 cm³/mol. The monoisotopic (exact) mass is 323 g/mol. The molecule has 0 amide bonds. The van der Waals surface area contributed by atoms with Crippen LogP contribution < -0.4 is 0 Å². The van der Waals surface area contributed by atoms with Gasteiger partial charge in [-0.3, -0.25) is 4.90 Å². The summed E-state index contributed by atoms with van der Waals surface area (Å²) in [5.41, 5.74) is 0.819. The molecule has 2 aromatic rings. The van der Waals surface area contributed by atoms with Gasteiger partial charge in [0.25, 0.3) is 0 Å². The van der Waals surface area contributed by atoms with Crippen LogP contribution in [0.5, 0.6) is 0 Å². The summed E-state index contributed by atoms with van der Waals surface area (Å²) < 4.78 is 0. The molecule has 114 valence electrons. The summed E-state index contributed by atoms with van der Waals surface area (Å²) in [5, 5.41) is 13.1. The lowest BCUT2D eigenvalue weighted by Gasteiger charge is -2.27. The average Bonchev–Trinajstić information content (AvgIpc) is 2.96. The second-order valence-corrected chi connectivity index (χ2v) is 6.91. The molecular formula is C17H22ClNOS. The van der Waals surface area contributed by atoms with Crippen LogP contribution in [0.15, 0.2) is 41.8 Å². The van der Waals surface area contributed by atoms with Crippen LogP contribution in [-0.2, 0) is 6.54 Å². The Hall–Kier alpha value is -0.870. The van der Waals surface area contributed by atoms with E-state index in [0.29, 0.717) is 17.5 Å². The van der Waals surface area contributed by atoms with Gasteiger partial charge in [-0.2, -0.15) is 0 Å². The minimum absolute atomic E-state index is 0.450. The number of nitrogens with zero attached hydrogens (tertiary/aromatic N) is 1. The fourth-order valence-corrected chi connectivity index (χ4v) is 3.30. The lowest BCUT2D eigenvalue weighted by Crippen LogP contribution is -2.31. The van der Waals surface area contributed by atoms with Crippen molar-refractivity contribution in [3.63, 3.8) is 0 Å². The van der Waals surface area contributed by atoms with Crippen LogP contribution in [0.1, 0.15) is 36.8 Å². The molecular weight excluding hydrogens is 302 g/mol. The van der Waals surface area contributed by atoms with Crippen molar-refractivity contribution >= 4 is 22.9 Å². The van der Waals surface area contributed by atoms with Crippen LogP contribution in [0.2, 0.25) is 5.02 Å². The van der Waals surface area contributed by atoms with E-state index in [1.54, 1.807) is 11.3 Å². The molecule has 0 spiro atoms. The first-order valence-electron chi connectivity index (χ1n) is 7.27. The highest BCUT2D eigenvalue weighted by atomic mass is 35.5. The van der Waals surface area contributed by atoms with Crippen LogP contribution in [-0.4, -0.2) is 22.6 Å². The van der Waals surface area contributed by atoms with E-state index < -0.39 is 6.10 Å². The maximum atomic E-state index is 10.3. The third kappa shape index (κ3) is 4.82.